The monoisotopic (exact) mass is 422 g/mol. The van der Waals surface area contributed by atoms with Gasteiger partial charge < -0.3 is 14.4 Å². The second kappa shape index (κ2) is 8.09. The predicted octanol–water partition coefficient (Wildman–Crippen LogP) is 3.11. The van der Waals surface area contributed by atoms with Crippen LogP contribution in [0, 0.1) is 0 Å². The summed E-state index contributed by atoms with van der Waals surface area (Å²) in [7, 11) is 1.75. The molecule has 1 saturated carbocycles. The Morgan fingerprint density at radius 2 is 2.06 bits per heavy atom. The fraction of sp³-hybridized carbons (Fsp3) is 0.522. The van der Waals surface area contributed by atoms with Crippen molar-refractivity contribution in [3.05, 3.63) is 30.6 Å². The molecule has 8 nitrogen and oxygen atoms in total. The number of fused-ring (bicyclic) bond motifs is 1. The molecule has 3 heterocycles. The van der Waals surface area contributed by atoms with E-state index in [1.165, 1.54) is 0 Å². The summed E-state index contributed by atoms with van der Waals surface area (Å²) in [6.07, 6.45) is 3.85. The molecule has 1 saturated heterocycles. The van der Waals surface area contributed by atoms with Crippen molar-refractivity contribution in [1.82, 2.24) is 25.1 Å². The molecular formula is C23H30N6O2. The molecule has 2 aromatic heterocycles. The van der Waals surface area contributed by atoms with Gasteiger partial charge in [-0.3, -0.25) is 10.00 Å². The van der Waals surface area contributed by atoms with Crippen LogP contribution < -0.4 is 9.64 Å². The molecule has 2 aliphatic rings. The van der Waals surface area contributed by atoms with E-state index in [4.69, 9.17) is 9.47 Å². The summed E-state index contributed by atoms with van der Waals surface area (Å²) in [5, 5.41) is 8.70. The van der Waals surface area contributed by atoms with Crippen LogP contribution in [-0.2, 0) is 4.74 Å². The molecule has 164 valence electrons. The Hall–Kier alpha value is -2.71. The van der Waals surface area contributed by atoms with E-state index in [9.17, 15) is 0 Å². The second-order valence-electron chi connectivity index (χ2n) is 8.92. The van der Waals surface area contributed by atoms with Gasteiger partial charge in [0, 0.05) is 50.8 Å². The molecule has 2 fully saturated rings. The van der Waals surface area contributed by atoms with Crippen LogP contribution in [0.25, 0.3) is 22.3 Å². The molecule has 1 atom stereocenters. The number of piperazine rings is 1. The van der Waals surface area contributed by atoms with E-state index in [2.05, 4.69) is 49.9 Å². The fourth-order valence-corrected chi connectivity index (χ4v) is 4.21. The number of benzene rings is 1. The summed E-state index contributed by atoms with van der Waals surface area (Å²) in [5.74, 6) is 1.82. The zero-order chi connectivity index (χ0) is 21.4. The average Bonchev–Trinajstić information content (AvgIpc) is 3.35. The van der Waals surface area contributed by atoms with Gasteiger partial charge >= 0.3 is 0 Å². The molecule has 0 radical (unpaired) electrons. The topological polar surface area (TPSA) is 79.4 Å². The van der Waals surface area contributed by atoms with Crippen molar-refractivity contribution >= 4 is 16.7 Å². The van der Waals surface area contributed by atoms with Crippen LogP contribution in [-0.4, -0.2) is 76.6 Å². The molecule has 1 aromatic carbocycles. The molecule has 31 heavy (non-hydrogen) atoms. The molecule has 0 spiro atoms. The van der Waals surface area contributed by atoms with Crippen LogP contribution in [0.2, 0.25) is 0 Å². The number of methoxy groups -OCH3 is 1. The lowest BCUT2D eigenvalue weighted by molar-refractivity contribution is 0.117. The van der Waals surface area contributed by atoms with Gasteiger partial charge in [0.05, 0.1) is 17.8 Å². The molecular weight excluding hydrogens is 392 g/mol. The van der Waals surface area contributed by atoms with Crippen molar-refractivity contribution in [3.63, 3.8) is 0 Å². The highest BCUT2D eigenvalue weighted by Crippen LogP contribution is 2.40. The first-order valence-corrected chi connectivity index (χ1v) is 11.0. The molecule has 1 N–H and O–H groups in total. The summed E-state index contributed by atoms with van der Waals surface area (Å²) in [6, 6.07) is 8.58. The smallest absolute Gasteiger partial charge is 0.132 e. The fourth-order valence-electron chi connectivity index (χ4n) is 4.21. The first-order chi connectivity index (χ1) is 15.0. The van der Waals surface area contributed by atoms with Gasteiger partial charge in [0.1, 0.15) is 29.2 Å². The second-order valence-corrected chi connectivity index (χ2v) is 8.92. The van der Waals surface area contributed by atoms with Gasteiger partial charge in [-0.1, -0.05) is 0 Å². The minimum atomic E-state index is -0.0121. The lowest BCUT2D eigenvalue weighted by Crippen LogP contribution is -2.53. The number of hydrogen-bond acceptors (Lipinski definition) is 7. The summed E-state index contributed by atoms with van der Waals surface area (Å²) < 4.78 is 11.4. The van der Waals surface area contributed by atoms with E-state index < -0.39 is 0 Å². The summed E-state index contributed by atoms with van der Waals surface area (Å²) in [6.45, 7) is 8.99. The summed E-state index contributed by atoms with van der Waals surface area (Å²) in [5.41, 5.74) is 2.61. The largest absolute Gasteiger partial charge is 0.488 e. The van der Waals surface area contributed by atoms with E-state index in [-0.39, 0.29) is 5.60 Å². The third-order valence-electron chi connectivity index (χ3n) is 6.42. The first-order valence-electron chi connectivity index (χ1n) is 11.0. The molecule has 0 unspecified atom stereocenters. The van der Waals surface area contributed by atoms with Gasteiger partial charge in [0.2, 0.25) is 0 Å². The zero-order valence-electron chi connectivity index (χ0n) is 18.5. The predicted molar refractivity (Wildman–Crippen MR) is 121 cm³/mol. The van der Waals surface area contributed by atoms with Gasteiger partial charge in [-0.15, -0.1) is 0 Å². The number of aromatic amines is 1. The zero-order valence-corrected chi connectivity index (χ0v) is 18.5. The van der Waals surface area contributed by atoms with E-state index >= 15 is 0 Å². The van der Waals surface area contributed by atoms with E-state index in [0.29, 0.717) is 6.04 Å². The van der Waals surface area contributed by atoms with Crippen LogP contribution >= 0.6 is 0 Å². The highest BCUT2D eigenvalue weighted by Gasteiger charge is 2.40. The number of aromatic nitrogens is 4. The summed E-state index contributed by atoms with van der Waals surface area (Å²) >= 11 is 0. The number of hydrogen-bond donors (Lipinski definition) is 1. The highest BCUT2D eigenvalue weighted by molar-refractivity contribution is 5.93. The molecule has 3 aromatic rings. The molecule has 8 heteroatoms. The Morgan fingerprint density at radius 3 is 2.84 bits per heavy atom. The van der Waals surface area contributed by atoms with Gasteiger partial charge in [-0.25, -0.2) is 9.97 Å². The van der Waals surface area contributed by atoms with E-state index in [1.807, 2.05) is 18.2 Å². The third kappa shape index (κ3) is 4.22. The normalized spacial score (nSPS) is 20.9. The lowest BCUT2D eigenvalue weighted by Gasteiger charge is -2.40. The summed E-state index contributed by atoms with van der Waals surface area (Å²) in [4.78, 5) is 13.9. The first kappa shape index (κ1) is 20.2. The van der Waals surface area contributed by atoms with Gasteiger partial charge in [0.15, 0.2) is 0 Å². The van der Waals surface area contributed by atoms with Crippen molar-refractivity contribution in [3.8, 4) is 17.1 Å². The van der Waals surface area contributed by atoms with Crippen LogP contribution in [0.5, 0.6) is 5.75 Å². The van der Waals surface area contributed by atoms with Crippen LogP contribution in [0.1, 0.15) is 26.7 Å². The molecule has 1 aliphatic carbocycles. The lowest BCUT2D eigenvalue weighted by atomic mass is 10.1. The average molecular weight is 423 g/mol. The number of anilines is 1. The Morgan fingerprint density at radius 1 is 1.19 bits per heavy atom. The number of rotatable bonds is 7. The Balaban J connectivity index is 1.38. The number of nitrogens with one attached hydrogen (secondary N) is 1. The standard InChI is InChI=1S/C23H30N6O2/c1-16-14-29(9-8-28(16)10-11-30-3)21-13-20(24-15-25-21)22-18-12-17(31-23(2)6-7-23)4-5-19(18)26-27-22/h4-5,12-13,15-16H,6-11,14H2,1-3H3,(H,26,27)/t16-/m0/s1. The van der Waals surface area contributed by atoms with Crippen molar-refractivity contribution in [2.75, 3.05) is 44.8 Å². The maximum atomic E-state index is 6.15. The highest BCUT2D eigenvalue weighted by atomic mass is 16.5. The molecule has 1 aliphatic heterocycles. The molecule has 5 rings (SSSR count). The number of ether oxygens (including phenoxy) is 2. The van der Waals surface area contributed by atoms with Crippen LogP contribution in [0.3, 0.4) is 0 Å². The van der Waals surface area contributed by atoms with Crippen LogP contribution in [0.15, 0.2) is 30.6 Å². The number of nitrogens with zero attached hydrogens (tertiary/aromatic N) is 5. The Bertz CT molecular complexity index is 1060. The van der Waals surface area contributed by atoms with E-state index in [1.54, 1.807) is 13.4 Å². The third-order valence-corrected chi connectivity index (χ3v) is 6.42. The number of H-pyrrole nitrogens is 1. The van der Waals surface area contributed by atoms with Crippen molar-refractivity contribution in [2.45, 2.75) is 38.3 Å². The van der Waals surface area contributed by atoms with Crippen molar-refractivity contribution < 1.29 is 9.47 Å². The van der Waals surface area contributed by atoms with E-state index in [0.717, 1.165) is 79.5 Å². The minimum Gasteiger partial charge on any atom is -0.488 e. The quantitative estimate of drug-likeness (QED) is 0.627. The van der Waals surface area contributed by atoms with Gasteiger partial charge in [0.25, 0.3) is 0 Å². The molecule has 0 bridgehead atoms. The Labute approximate surface area is 182 Å². The Kier molecular flexibility index (Phi) is 5.27. The SMILES string of the molecule is COCCN1CCN(c2cc(-c3n[nH]c4ccc(OC5(C)CC5)cc34)ncn2)C[C@@H]1C. The van der Waals surface area contributed by atoms with Crippen LogP contribution in [0.4, 0.5) is 5.82 Å². The molecule has 0 amide bonds. The van der Waals surface area contributed by atoms with Gasteiger partial charge in [-0.2, -0.15) is 5.10 Å². The minimum absolute atomic E-state index is 0.0121. The van der Waals surface area contributed by atoms with Crippen molar-refractivity contribution in [1.29, 1.82) is 0 Å². The maximum Gasteiger partial charge on any atom is 0.132 e. The van der Waals surface area contributed by atoms with Crippen molar-refractivity contribution in [2.24, 2.45) is 0 Å². The van der Waals surface area contributed by atoms with Gasteiger partial charge in [-0.05, 0) is 44.9 Å². The maximum absolute atomic E-state index is 6.15.